The number of hydrogen-bond donors (Lipinski definition) is 2. The molecule has 0 bridgehead atoms. The molecule has 0 radical (unpaired) electrons. The molecule has 0 aliphatic heterocycles. The molecule has 0 aliphatic carbocycles. The molecule has 0 saturated carbocycles. The van der Waals surface area contributed by atoms with Crippen LogP contribution in [0.5, 0.6) is 0 Å². The van der Waals surface area contributed by atoms with Crippen molar-refractivity contribution in [3.05, 3.63) is 24.3 Å². The quantitative estimate of drug-likeness (QED) is 0.716. The summed E-state index contributed by atoms with van der Waals surface area (Å²) in [5, 5.41) is 0. The molecule has 0 fully saturated rings. The molecule has 72 valence electrons. The van der Waals surface area contributed by atoms with Crippen LogP contribution in [0.2, 0.25) is 0 Å². The zero-order valence-electron chi connectivity index (χ0n) is 7.32. The van der Waals surface area contributed by atoms with Gasteiger partial charge in [-0.05, 0) is 25.1 Å². The highest BCUT2D eigenvalue weighted by Gasteiger charge is 2.05. The van der Waals surface area contributed by atoms with Crippen molar-refractivity contribution >= 4 is 21.4 Å². The Morgan fingerprint density at radius 2 is 2.15 bits per heavy atom. The molecule has 0 aromatic heterocycles. The molecule has 0 aliphatic rings. The average molecular weight is 200 g/mol. The Balaban J connectivity index is 2.87. The van der Waals surface area contributed by atoms with E-state index in [2.05, 4.69) is 4.72 Å². The Bertz CT molecular complexity index is 387. The molecule has 0 atom stereocenters. The predicted octanol–water partition coefficient (Wildman–Crippen LogP) is 1.03. The highest BCUT2D eigenvalue weighted by Crippen LogP contribution is 2.13. The number of benzene rings is 1. The number of rotatable bonds is 3. The van der Waals surface area contributed by atoms with E-state index in [1.165, 1.54) is 0 Å². The molecule has 0 amide bonds. The summed E-state index contributed by atoms with van der Waals surface area (Å²) in [5.41, 5.74) is 6.52. The predicted molar refractivity (Wildman–Crippen MR) is 53.9 cm³/mol. The molecular formula is C8H12N2O2S. The maximum Gasteiger partial charge on any atom is 0.232 e. The average Bonchev–Trinajstić information content (AvgIpc) is 2.03. The van der Waals surface area contributed by atoms with Crippen molar-refractivity contribution in [3.63, 3.8) is 0 Å². The molecule has 3 N–H and O–H groups in total. The van der Waals surface area contributed by atoms with Crippen molar-refractivity contribution in [3.8, 4) is 0 Å². The number of hydrogen-bond acceptors (Lipinski definition) is 3. The highest BCUT2D eigenvalue weighted by molar-refractivity contribution is 7.92. The van der Waals surface area contributed by atoms with Gasteiger partial charge < -0.3 is 5.73 Å². The van der Waals surface area contributed by atoms with E-state index in [-0.39, 0.29) is 5.75 Å². The fourth-order valence-corrected chi connectivity index (χ4v) is 1.48. The first kappa shape index (κ1) is 9.85. The Hall–Kier alpha value is -1.23. The fraction of sp³-hybridized carbons (Fsp3) is 0.250. The van der Waals surface area contributed by atoms with Gasteiger partial charge in [0.05, 0.1) is 11.4 Å². The zero-order valence-corrected chi connectivity index (χ0v) is 8.14. The van der Waals surface area contributed by atoms with E-state index in [1.807, 2.05) is 0 Å². The SMILES string of the molecule is CCS(=O)(=O)Nc1cccc(N)c1. The van der Waals surface area contributed by atoms with E-state index in [0.717, 1.165) is 0 Å². The van der Waals surface area contributed by atoms with Crippen LogP contribution in [-0.4, -0.2) is 14.2 Å². The lowest BCUT2D eigenvalue weighted by Gasteiger charge is -2.05. The third-order valence-corrected chi connectivity index (χ3v) is 2.85. The van der Waals surface area contributed by atoms with Crippen molar-refractivity contribution in [1.29, 1.82) is 0 Å². The van der Waals surface area contributed by atoms with Crippen LogP contribution in [0.15, 0.2) is 24.3 Å². The molecule has 0 unspecified atom stereocenters. The Labute approximate surface area is 77.8 Å². The molecule has 0 heterocycles. The smallest absolute Gasteiger partial charge is 0.232 e. The summed E-state index contributed by atoms with van der Waals surface area (Å²) >= 11 is 0. The van der Waals surface area contributed by atoms with Gasteiger partial charge in [0.2, 0.25) is 10.0 Å². The first-order chi connectivity index (χ1) is 6.03. The van der Waals surface area contributed by atoms with Gasteiger partial charge in [-0.1, -0.05) is 6.07 Å². The minimum Gasteiger partial charge on any atom is -0.399 e. The normalized spacial score (nSPS) is 11.2. The Morgan fingerprint density at radius 3 is 2.69 bits per heavy atom. The van der Waals surface area contributed by atoms with Crippen molar-refractivity contribution in [2.24, 2.45) is 0 Å². The van der Waals surface area contributed by atoms with E-state index < -0.39 is 10.0 Å². The van der Waals surface area contributed by atoms with Crippen LogP contribution in [0.1, 0.15) is 6.92 Å². The minimum absolute atomic E-state index is 0.0573. The molecule has 1 aromatic rings. The van der Waals surface area contributed by atoms with E-state index in [0.29, 0.717) is 11.4 Å². The van der Waals surface area contributed by atoms with Gasteiger partial charge in [-0.2, -0.15) is 0 Å². The molecule has 13 heavy (non-hydrogen) atoms. The lowest BCUT2D eigenvalue weighted by Crippen LogP contribution is -2.14. The molecule has 0 saturated heterocycles. The Morgan fingerprint density at radius 1 is 1.46 bits per heavy atom. The maximum absolute atomic E-state index is 11.1. The second-order valence-electron chi connectivity index (χ2n) is 2.63. The van der Waals surface area contributed by atoms with Gasteiger partial charge in [0.1, 0.15) is 0 Å². The summed E-state index contributed by atoms with van der Waals surface area (Å²) < 4.78 is 24.7. The van der Waals surface area contributed by atoms with Crippen LogP contribution in [0.4, 0.5) is 11.4 Å². The van der Waals surface area contributed by atoms with Gasteiger partial charge in [-0.25, -0.2) is 8.42 Å². The summed E-state index contributed by atoms with van der Waals surface area (Å²) in [7, 11) is -3.19. The second kappa shape index (κ2) is 3.66. The summed E-state index contributed by atoms with van der Waals surface area (Å²) in [6, 6.07) is 6.63. The lowest BCUT2D eigenvalue weighted by atomic mass is 10.3. The van der Waals surface area contributed by atoms with Crippen LogP contribution in [0, 0.1) is 0 Å². The lowest BCUT2D eigenvalue weighted by molar-refractivity contribution is 0.602. The molecule has 4 nitrogen and oxygen atoms in total. The topological polar surface area (TPSA) is 72.2 Å². The summed E-state index contributed by atoms with van der Waals surface area (Å²) in [6.07, 6.45) is 0. The highest BCUT2D eigenvalue weighted by atomic mass is 32.2. The number of sulfonamides is 1. The largest absolute Gasteiger partial charge is 0.399 e. The van der Waals surface area contributed by atoms with Gasteiger partial charge in [0.25, 0.3) is 0 Å². The number of nitrogen functional groups attached to an aromatic ring is 1. The third kappa shape index (κ3) is 2.95. The van der Waals surface area contributed by atoms with Crippen LogP contribution < -0.4 is 10.5 Å². The Kier molecular flexibility index (Phi) is 2.77. The molecular weight excluding hydrogens is 188 g/mol. The van der Waals surface area contributed by atoms with E-state index in [4.69, 9.17) is 5.73 Å². The van der Waals surface area contributed by atoms with Crippen molar-refractivity contribution in [1.82, 2.24) is 0 Å². The molecule has 0 spiro atoms. The summed E-state index contributed by atoms with van der Waals surface area (Å²) in [6.45, 7) is 1.58. The van der Waals surface area contributed by atoms with Crippen molar-refractivity contribution in [2.45, 2.75) is 6.92 Å². The summed E-state index contributed by atoms with van der Waals surface area (Å²) in [4.78, 5) is 0. The van der Waals surface area contributed by atoms with Crippen LogP contribution in [-0.2, 0) is 10.0 Å². The van der Waals surface area contributed by atoms with Crippen LogP contribution in [0.25, 0.3) is 0 Å². The van der Waals surface area contributed by atoms with E-state index >= 15 is 0 Å². The van der Waals surface area contributed by atoms with Crippen LogP contribution in [0.3, 0.4) is 0 Å². The minimum atomic E-state index is -3.19. The molecule has 5 heteroatoms. The number of nitrogens with one attached hydrogen (secondary N) is 1. The van der Waals surface area contributed by atoms with Crippen molar-refractivity contribution < 1.29 is 8.42 Å². The first-order valence-corrected chi connectivity index (χ1v) is 5.55. The van der Waals surface area contributed by atoms with E-state index in [1.54, 1.807) is 31.2 Å². The first-order valence-electron chi connectivity index (χ1n) is 3.89. The standard InChI is InChI=1S/C8H12N2O2S/c1-2-13(11,12)10-8-5-3-4-7(9)6-8/h3-6,10H,2,9H2,1H3. The molecule has 1 aromatic carbocycles. The fourth-order valence-electron chi connectivity index (χ4n) is 0.854. The second-order valence-corrected chi connectivity index (χ2v) is 4.64. The van der Waals surface area contributed by atoms with Crippen LogP contribution >= 0.6 is 0 Å². The monoisotopic (exact) mass is 200 g/mol. The van der Waals surface area contributed by atoms with Gasteiger partial charge in [0.15, 0.2) is 0 Å². The third-order valence-electron chi connectivity index (χ3n) is 1.54. The maximum atomic E-state index is 11.1. The molecule has 1 rings (SSSR count). The van der Waals surface area contributed by atoms with Gasteiger partial charge in [-0.15, -0.1) is 0 Å². The summed E-state index contributed by atoms with van der Waals surface area (Å²) in [5.74, 6) is 0.0573. The van der Waals surface area contributed by atoms with Gasteiger partial charge >= 0.3 is 0 Å². The van der Waals surface area contributed by atoms with Crippen molar-refractivity contribution in [2.75, 3.05) is 16.2 Å². The van der Waals surface area contributed by atoms with Gasteiger partial charge in [-0.3, -0.25) is 4.72 Å². The number of nitrogens with two attached hydrogens (primary N) is 1. The zero-order chi connectivity index (χ0) is 9.90. The van der Waals surface area contributed by atoms with E-state index in [9.17, 15) is 8.42 Å². The number of anilines is 2. The van der Waals surface area contributed by atoms with Gasteiger partial charge in [0, 0.05) is 5.69 Å².